The van der Waals surface area contributed by atoms with Crippen molar-refractivity contribution in [1.29, 1.82) is 0 Å². The highest BCUT2D eigenvalue weighted by Gasteiger charge is 2.23. The van der Waals surface area contributed by atoms with Crippen LogP contribution in [-0.2, 0) is 30.9 Å². The minimum absolute atomic E-state index is 0.00401. The third kappa shape index (κ3) is 16.3. The lowest BCUT2D eigenvalue weighted by Gasteiger charge is -2.34. The smallest absolute Gasteiger partial charge is 0.256 e. The molecule has 0 saturated carbocycles. The van der Waals surface area contributed by atoms with E-state index in [0.717, 1.165) is 78.0 Å². The Hall–Kier alpha value is -7.41. The van der Waals surface area contributed by atoms with E-state index in [0.29, 0.717) is 90.9 Å². The number of hydrogen-bond acceptors (Lipinski definition) is 23. The molecule has 2 aliphatic heterocycles. The molecule has 0 aliphatic carbocycles. The zero-order valence-electron chi connectivity index (χ0n) is 45.7. The molecule has 1 unspecified atom stereocenters. The van der Waals surface area contributed by atoms with Crippen LogP contribution in [-0.4, -0.2) is 165 Å². The summed E-state index contributed by atoms with van der Waals surface area (Å²) in [6.07, 6.45) is 4.41. The summed E-state index contributed by atoms with van der Waals surface area (Å²) in [7, 11) is 12.4. The molecule has 2 saturated heterocycles. The molecular weight excluding hydrogens is 981 g/mol. The zero-order chi connectivity index (χ0) is 53.9. The van der Waals surface area contributed by atoms with Crippen molar-refractivity contribution in [3.05, 3.63) is 95.1 Å². The fourth-order valence-corrected chi connectivity index (χ4v) is 8.85. The van der Waals surface area contributed by atoms with Gasteiger partial charge in [0.15, 0.2) is 5.75 Å². The molecule has 8 rings (SSSR count). The molecule has 23 heteroatoms. The van der Waals surface area contributed by atoms with Crippen molar-refractivity contribution in [2.24, 2.45) is 0 Å². The van der Waals surface area contributed by atoms with Gasteiger partial charge in [-0.15, -0.1) is 0 Å². The van der Waals surface area contributed by atoms with E-state index in [9.17, 15) is 0 Å². The predicted octanol–water partition coefficient (Wildman–Crippen LogP) is 5.53. The molecule has 2 aliphatic rings. The highest BCUT2D eigenvalue weighted by atomic mass is 16.5. The second-order valence-corrected chi connectivity index (χ2v) is 18.9. The maximum atomic E-state index is 6.58. The molecule has 77 heavy (non-hydrogen) atoms. The first-order valence-electron chi connectivity index (χ1n) is 26.2. The van der Waals surface area contributed by atoms with Gasteiger partial charge < -0.3 is 81.3 Å². The largest absolute Gasteiger partial charge is 0.496 e. The maximum Gasteiger partial charge on any atom is 0.256 e. The molecule has 0 bridgehead atoms. The summed E-state index contributed by atoms with van der Waals surface area (Å²) in [5, 5.41) is 30.2. The van der Waals surface area contributed by atoms with Gasteiger partial charge in [-0.05, 0) is 89.4 Å². The molecule has 0 amide bonds. The summed E-state index contributed by atoms with van der Waals surface area (Å²) in [6.45, 7) is 11.3. The Morgan fingerprint density at radius 2 is 1.21 bits per heavy atom. The van der Waals surface area contributed by atoms with Gasteiger partial charge in [0.25, 0.3) is 5.88 Å². The van der Waals surface area contributed by atoms with Gasteiger partial charge in [-0.25, -0.2) is 19.9 Å². The van der Waals surface area contributed by atoms with Crippen LogP contribution >= 0.6 is 0 Å². The number of nitrogens with zero attached hydrogens (tertiary/aromatic N) is 9. The van der Waals surface area contributed by atoms with Crippen LogP contribution in [0.25, 0.3) is 0 Å². The molecule has 6 aromatic rings. The van der Waals surface area contributed by atoms with Crippen LogP contribution in [0.15, 0.2) is 66.9 Å². The van der Waals surface area contributed by atoms with E-state index in [-0.39, 0.29) is 25.4 Å². The number of ether oxygens (including phenoxy) is 5. The standard InChI is InChI=1S/C54H76N18O5/c1-35-21-48(56-3)68-52(62-35)66-42-25-47(51(75-8)61-31-42)77-34-44(32-72-18-10-19-72)76-33-43-27-50(58-5)70-54(67-43)64-39-12-14-46(74-7)37(23-39)29-60-41(30-55-2)24-40-26-49(57-4)69-53(65-40)63-38-11-13-45(73-6)36(22-38)28-59-15-20-71-16-9-17-71/h11-14,21-23,25-27,31,41,44,55,59-60H,9-10,15-20,24,28-30,32-34H2,1-8H3,(H2,56,62,66,68)(H2,57,63,65,69)(H2,58,64,67,70)/t41?,44-/m1/s1. The monoisotopic (exact) mass is 1060 g/mol. The molecule has 2 aromatic carbocycles. The summed E-state index contributed by atoms with van der Waals surface area (Å²) in [5.41, 5.74) is 6.71. The van der Waals surface area contributed by atoms with E-state index in [1.807, 2.05) is 89.7 Å². The summed E-state index contributed by atoms with van der Waals surface area (Å²) >= 11 is 0. The number of nitrogens with one attached hydrogen (secondary N) is 9. The fourth-order valence-electron chi connectivity index (χ4n) is 8.85. The number of pyridine rings is 1. The first-order chi connectivity index (χ1) is 37.6. The van der Waals surface area contributed by atoms with E-state index >= 15 is 0 Å². The predicted molar refractivity (Wildman–Crippen MR) is 302 cm³/mol. The summed E-state index contributed by atoms with van der Waals surface area (Å²) < 4.78 is 30.1. The SMILES string of the molecule is CNCC(Cc1cc(NC)nc(Nc2ccc(OC)c(CNCCN3CCC3)c2)n1)NCc1cc(Nc2nc(CO[C@@H](COc3cc(Nc4nc(C)cc(NC)n4)cnc3OC)CN3CCC3)cc(NC)n2)ccc1OC. The number of aryl methyl sites for hydroxylation is 1. The number of aromatic nitrogens is 7. The lowest BCUT2D eigenvalue weighted by atomic mass is 10.1. The molecule has 2 fully saturated rings. The summed E-state index contributed by atoms with van der Waals surface area (Å²) in [6, 6.07) is 19.6. The van der Waals surface area contributed by atoms with Crippen LogP contribution in [0.3, 0.4) is 0 Å². The molecule has 0 radical (unpaired) electrons. The van der Waals surface area contributed by atoms with Crippen LogP contribution in [0.2, 0.25) is 0 Å². The first kappa shape index (κ1) is 55.8. The Bertz CT molecular complexity index is 2840. The highest BCUT2D eigenvalue weighted by Crippen LogP contribution is 2.31. The van der Waals surface area contributed by atoms with Gasteiger partial charge in [0.1, 0.15) is 41.7 Å². The first-order valence-corrected chi connectivity index (χ1v) is 26.2. The van der Waals surface area contributed by atoms with Gasteiger partial charge in [0, 0.05) is 131 Å². The van der Waals surface area contributed by atoms with Crippen molar-refractivity contribution in [2.75, 3.05) is 140 Å². The number of anilines is 9. The molecule has 9 N–H and O–H groups in total. The van der Waals surface area contributed by atoms with Gasteiger partial charge >= 0.3 is 0 Å². The number of hydrogen-bond donors (Lipinski definition) is 9. The van der Waals surface area contributed by atoms with E-state index in [2.05, 4.69) is 78.7 Å². The molecule has 6 heterocycles. The number of benzene rings is 2. The molecule has 23 nitrogen and oxygen atoms in total. The van der Waals surface area contributed by atoms with E-state index in [1.54, 1.807) is 27.5 Å². The maximum absolute atomic E-state index is 6.58. The van der Waals surface area contributed by atoms with E-state index in [1.165, 1.54) is 19.5 Å². The van der Waals surface area contributed by atoms with Crippen molar-refractivity contribution in [3.8, 4) is 23.1 Å². The average molecular weight is 1060 g/mol. The lowest BCUT2D eigenvalue weighted by Crippen LogP contribution is -2.44. The number of methoxy groups -OCH3 is 3. The van der Waals surface area contributed by atoms with Crippen molar-refractivity contribution in [2.45, 2.75) is 58.0 Å². The van der Waals surface area contributed by atoms with Crippen molar-refractivity contribution in [3.63, 3.8) is 0 Å². The molecular formula is C54H76N18O5. The highest BCUT2D eigenvalue weighted by molar-refractivity contribution is 5.61. The lowest BCUT2D eigenvalue weighted by molar-refractivity contribution is -0.0233. The number of likely N-dealkylation sites (tertiary alicyclic amines) is 2. The summed E-state index contributed by atoms with van der Waals surface area (Å²) in [4.78, 5) is 37.7. The zero-order valence-corrected chi connectivity index (χ0v) is 45.7. The molecule has 412 valence electrons. The Morgan fingerprint density at radius 3 is 1.81 bits per heavy atom. The van der Waals surface area contributed by atoms with Gasteiger partial charge in [0.2, 0.25) is 17.8 Å². The van der Waals surface area contributed by atoms with Gasteiger partial charge in [-0.2, -0.15) is 15.0 Å². The number of likely N-dealkylation sites (N-methyl/N-ethyl adjacent to an activating group) is 1. The average Bonchev–Trinajstić information content (AvgIpc) is 3.41. The minimum atomic E-state index is -0.300. The van der Waals surface area contributed by atoms with Gasteiger partial charge in [-0.1, -0.05) is 0 Å². The Balaban J connectivity index is 0.902. The third-order valence-electron chi connectivity index (χ3n) is 13.2. The molecule has 0 spiro atoms. The summed E-state index contributed by atoms with van der Waals surface area (Å²) in [5.74, 6) is 5.79. The minimum Gasteiger partial charge on any atom is -0.496 e. The Labute approximate surface area is 451 Å². The van der Waals surface area contributed by atoms with Crippen LogP contribution in [0, 0.1) is 6.92 Å². The van der Waals surface area contributed by atoms with Gasteiger partial charge in [-0.3, -0.25) is 0 Å². The normalized spacial score (nSPS) is 14.1. The Kier molecular flexibility index (Phi) is 20.4. The molecule has 4 aromatic heterocycles. The second-order valence-electron chi connectivity index (χ2n) is 18.9. The fraction of sp³-hybridized carbons (Fsp3) is 0.463. The van der Waals surface area contributed by atoms with Crippen LogP contribution in [0.1, 0.15) is 41.1 Å². The van der Waals surface area contributed by atoms with Crippen molar-refractivity contribution < 1.29 is 23.7 Å². The Morgan fingerprint density at radius 1 is 0.610 bits per heavy atom. The van der Waals surface area contributed by atoms with E-state index < -0.39 is 0 Å². The second kappa shape index (κ2) is 28.1. The quantitative estimate of drug-likeness (QED) is 0.0236. The number of rotatable bonds is 32. The van der Waals surface area contributed by atoms with E-state index in [4.69, 9.17) is 43.6 Å². The van der Waals surface area contributed by atoms with Gasteiger partial charge in [0.05, 0.1) is 45.5 Å². The third-order valence-corrected chi connectivity index (χ3v) is 13.2. The van der Waals surface area contributed by atoms with Crippen LogP contribution in [0.5, 0.6) is 23.1 Å². The van der Waals surface area contributed by atoms with Crippen LogP contribution < -0.4 is 66.8 Å². The molecule has 2 atom stereocenters. The van der Waals surface area contributed by atoms with Crippen molar-refractivity contribution >= 4 is 52.4 Å². The topological polar surface area (TPSA) is 251 Å². The van der Waals surface area contributed by atoms with Crippen LogP contribution in [0.4, 0.5) is 52.4 Å². The van der Waals surface area contributed by atoms with Crippen molar-refractivity contribution in [1.82, 2.24) is 60.6 Å².